The summed E-state index contributed by atoms with van der Waals surface area (Å²) in [6, 6.07) is 2.10. The van der Waals surface area contributed by atoms with Crippen molar-refractivity contribution in [2.24, 2.45) is 0 Å². The zero-order chi connectivity index (χ0) is 13.4. The van der Waals surface area contributed by atoms with E-state index in [2.05, 4.69) is 0 Å². The third-order valence-corrected chi connectivity index (χ3v) is 3.39. The SMILES string of the molecule is O=C(c1cc(F)c(Cl)cc1Cl)N1C[C@@H](O)[C@@H](O)C1. The van der Waals surface area contributed by atoms with E-state index in [0.717, 1.165) is 12.1 Å². The molecule has 1 aromatic rings. The van der Waals surface area contributed by atoms with Crippen LogP contribution in [0.25, 0.3) is 0 Å². The van der Waals surface area contributed by atoms with Gasteiger partial charge >= 0.3 is 0 Å². The van der Waals surface area contributed by atoms with Crippen LogP contribution in [0, 0.1) is 5.82 Å². The van der Waals surface area contributed by atoms with Crippen LogP contribution in [0.1, 0.15) is 10.4 Å². The van der Waals surface area contributed by atoms with Gasteiger partial charge in [0.15, 0.2) is 0 Å². The predicted molar refractivity (Wildman–Crippen MR) is 64.3 cm³/mol. The molecule has 2 atom stereocenters. The van der Waals surface area contributed by atoms with Crippen LogP contribution in [0.5, 0.6) is 0 Å². The Kier molecular flexibility index (Phi) is 3.77. The van der Waals surface area contributed by atoms with Crippen LogP contribution in [0.15, 0.2) is 12.1 Å². The van der Waals surface area contributed by atoms with E-state index in [1.807, 2.05) is 0 Å². The highest BCUT2D eigenvalue weighted by Gasteiger charge is 2.33. The number of benzene rings is 1. The van der Waals surface area contributed by atoms with Crippen molar-refractivity contribution >= 4 is 29.1 Å². The van der Waals surface area contributed by atoms with Gasteiger partial charge in [-0.2, -0.15) is 0 Å². The minimum atomic E-state index is -0.995. The summed E-state index contributed by atoms with van der Waals surface area (Å²) in [7, 11) is 0. The summed E-state index contributed by atoms with van der Waals surface area (Å²) < 4.78 is 13.3. The van der Waals surface area contributed by atoms with E-state index in [4.69, 9.17) is 23.2 Å². The molecule has 1 heterocycles. The second-order valence-electron chi connectivity index (χ2n) is 4.09. The van der Waals surface area contributed by atoms with Crippen LogP contribution in [0.3, 0.4) is 0 Å². The highest BCUT2D eigenvalue weighted by atomic mass is 35.5. The van der Waals surface area contributed by atoms with Gasteiger partial charge in [-0.1, -0.05) is 23.2 Å². The maximum Gasteiger partial charge on any atom is 0.255 e. The molecule has 1 fully saturated rings. The molecule has 1 aromatic carbocycles. The van der Waals surface area contributed by atoms with Crippen LogP contribution in [0.4, 0.5) is 4.39 Å². The first-order valence-corrected chi connectivity index (χ1v) is 5.95. The first-order valence-electron chi connectivity index (χ1n) is 5.20. The van der Waals surface area contributed by atoms with Gasteiger partial charge in [-0.15, -0.1) is 0 Å². The number of hydrogen-bond donors (Lipinski definition) is 2. The van der Waals surface area contributed by atoms with Gasteiger partial charge in [-0.05, 0) is 12.1 Å². The normalized spacial score (nSPS) is 23.5. The van der Waals surface area contributed by atoms with E-state index < -0.39 is 23.9 Å². The fraction of sp³-hybridized carbons (Fsp3) is 0.364. The largest absolute Gasteiger partial charge is 0.388 e. The highest BCUT2D eigenvalue weighted by Crippen LogP contribution is 2.26. The van der Waals surface area contributed by atoms with Crippen molar-refractivity contribution in [2.45, 2.75) is 12.2 Å². The van der Waals surface area contributed by atoms with E-state index in [1.54, 1.807) is 0 Å². The number of halogens is 3. The Morgan fingerprint density at radius 1 is 1.22 bits per heavy atom. The Bertz CT molecular complexity index is 487. The molecule has 0 bridgehead atoms. The van der Waals surface area contributed by atoms with Gasteiger partial charge in [-0.25, -0.2) is 4.39 Å². The topological polar surface area (TPSA) is 60.8 Å². The lowest BCUT2D eigenvalue weighted by atomic mass is 10.2. The summed E-state index contributed by atoms with van der Waals surface area (Å²) in [4.78, 5) is 13.2. The zero-order valence-electron chi connectivity index (χ0n) is 9.11. The molecule has 0 radical (unpaired) electrons. The lowest BCUT2D eigenvalue weighted by Crippen LogP contribution is -2.30. The summed E-state index contributed by atoms with van der Waals surface area (Å²) >= 11 is 11.4. The molecule has 4 nitrogen and oxygen atoms in total. The number of β-amino-alcohol motifs (C(OH)–C–C–N with tert-alkyl or cyclic N) is 2. The highest BCUT2D eigenvalue weighted by molar-refractivity contribution is 6.36. The van der Waals surface area contributed by atoms with Gasteiger partial charge in [0.1, 0.15) is 5.82 Å². The molecular formula is C11H10Cl2FNO3. The molecule has 2 N–H and O–H groups in total. The first-order chi connectivity index (χ1) is 8.40. The van der Waals surface area contributed by atoms with Crippen molar-refractivity contribution in [1.29, 1.82) is 0 Å². The number of carbonyl (C=O) groups is 1. The molecule has 1 amide bonds. The van der Waals surface area contributed by atoms with Crippen LogP contribution in [-0.2, 0) is 0 Å². The summed E-state index contributed by atoms with van der Waals surface area (Å²) in [6.45, 7) is -0.0266. The third kappa shape index (κ3) is 2.44. The number of aliphatic hydroxyl groups excluding tert-OH is 2. The summed E-state index contributed by atoms with van der Waals surface area (Å²) in [6.07, 6.45) is -1.99. The minimum Gasteiger partial charge on any atom is -0.388 e. The number of aliphatic hydroxyl groups is 2. The van der Waals surface area contributed by atoms with Crippen molar-refractivity contribution in [3.63, 3.8) is 0 Å². The van der Waals surface area contributed by atoms with E-state index >= 15 is 0 Å². The first kappa shape index (κ1) is 13.5. The van der Waals surface area contributed by atoms with Crippen molar-refractivity contribution in [3.8, 4) is 0 Å². The van der Waals surface area contributed by atoms with Crippen molar-refractivity contribution in [2.75, 3.05) is 13.1 Å². The lowest BCUT2D eigenvalue weighted by molar-refractivity contribution is 0.0572. The summed E-state index contributed by atoms with van der Waals surface area (Å²) in [5, 5.41) is 18.6. The van der Waals surface area contributed by atoms with Gasteiger partial charge in [0.25, 0.3) is 5.91 Å². The minimum absolute atomic E-state index is 0.0133. The standard InChI is InChI=1S/C11H10Cl2FNO3/c12-6-2-7(13)8(14)1-5(6)11(18)15-3-9(16)10(17)4-15/h1-2,9-10,16-17H,3-4H2/t9-,10+. The van der Waals surface area contributed by atoms with Crippen molar-refractivity contribution in [1.82, 2.24) is 4.90 Å². The van der Waals surface area contributed by atoms with Crippen LogP contribution in [0.2, 0.25) is 10.0 Å². The van der Waals surface area contributed by atoms with Crippen LogP contribution >= 0.6 is 23.2 Å². The fourth-order valence-corrected chi connectivity index (χ4v) is 2.26. The molecule has 0 saturated carbocycles. The third-order valence-electron chi connectivity index (χ3n) is 2.79. The molecule has 2 rings (SSSR count). The molecule has 7 heteroatoms. The smallest absolute Gasteiger partial charge is 0.255 e. The Morgan fingerprint density at radius 2 is 1.78 bits per heavy atom. The number of nitrogens with zero attached hydrogens (tertiary/aromatic N) is 1. The molecule has 0 aliphatic carbocycles. The molecule has 1 aliphatic rings. The molecule has 1 saturated heterocycles. The molecule has 0 aromatic heterocycles. The number of carbonyl (C=O) groups excluding carboxylic acids is 1. The van der Waals surface area contributed by atoms with E-state index in [1.165, 1.54) is 4.90 Å². The molecular weight excluding hydrogens is 284 g/mol. The maximum atomic E-state index is 13.3. The molecule has 0 unspecified atom stereocenters. The number of hydrogen-bond acceptors (Lipinski definition) is 3. The van der Waals surface area contributed by atoms with Gasteiger partial charge in [-0.3, -0.25) is 4.79 Å². The molecule has 0 spiro atoms. The Hall–Kier alpha value is -0.880. The molecule has 18 heavy (non-hydrogen) atoms. The van der Waals surface area contributed by atoms with Crippen molar-refractivity contribution < 1.29 is 19.4 Å². The summed E-state index contributed by atoms with van der Waals surface area (Å²) in [5.74, 6) is -1.30. The van der Waals surface area contributed by atoms with Gasteiger partial charge in [0.2, 0.25) is 0 Å². The lowest BCUT2D eigenvalue weighted by Gasteiger charge is -2.16. The van der Waals surface area contributed by atoms with E-state index in [-0.39, 0.29) is 28.7 Å². The molecule has 98 valence electrons. The average Bonchev–Trinajstić information content (AvgIpc) is 2.63. The van der Waals surface area contributed by atoms with Crippen LogP contribution in [-0.4, -0.2) is 46.3 Å². The second-order valence-corrected chi connectivity index (χ2v) is 4.91. The van der Waals surface area contributed by atoms with Crippen LogP contribution < -0.4 is 0 Å². The monoisotopic (exact) mass is 293 g/mol. The zero-order valence-corrected chi connectivity index (χ0v) is 10.6. The Balaban J connectivity index is 2.27. The van der Waals surface area contributed by atoms with E-state index in [0.29, 0.717) is 0 Å². The number of likely N-dealkylation sites (tertiary alicyclic amines) is 1. The Morgan fingerprint density at radius 3 is 2.33 bits per heavy atom. The van der Waals surface area contributed by atoms with Gasteiger partial charge in [0.05, 0.1) is 27.8 Å². The van der Waals surface area contributed by atoms with Gasteiger partial charge < -0.3 is 15.1 Å². The molecule has 1 aliphatic heterocycles. The Labute approximate surface area is 113 Å². The fourth-order valence-electron chi connectivity index (χ4n) is 1.79. The number of amides is 1. The second kappa shape index (κ2) is 5.01. The number of rotatable bonds is 1. The van der Waals surface area contributed by atoms with Crippen molar-refractivity contribution in [3.05, 3.63) is 33.6 Å². The predicted octanol–water partition coefficient (Wildman–Crippen LogP) is 1.31. The average molecular weight is 294 g/mol. The summed E-state index contributed by atoms with van der Waals surface area (Å²) in [5.41, 5.74) is -0.0418. The quantitative estimate of drug-likeness (QED) is 0.768. The maximum absolute atomic E-state index is 13.3. The van der Waals surface area contributed by atoms with Gasteiger partial charge in [0, 0.05) is 13.1 Å². The van der Waals surface area contributed by atoms with E-state index in [9.17, 15) is 19.4 Å².